The van der Waals surface area contributed by atoms with Crippen molar-refractivity contribution in [2.45, 2.75) is 18.9 Å². The molecule has 9 heteroatoms. The van der Waals surface area contributed by atoms with Gasteiger partial charge in [0, 0.05) is 17.3 Å². The van der Waals surface area contributed by atoms with Gasteiger partial charge in [0.15, 0.2) is 5.13 Å². The molecule has 35 heavy (non-hydrogen) atoms. The second-order valence-corrected chi connectivity index (χ2v) is 9.21. The van der Waals surface area contributed by atoms with Crippen molar-refractivity contribution in [3.05, 3.63) is 105 Å². The third-order valence-electron chi connectivity index (χ3n) is 5.83. The lowest BCUT2D eigenvalue weighted by atomic mass is 10.1. The highest BCUT2D eigenvalue weighted by molar-refractivity contribution is 7.18. The van der Waals surface area contributed by atoms with Crippen molar-refractivity contribution in [2.24, 2.45) is 0 Å². The Morgan fingerprint density at radius 3 is 2.17 bits per heavy atom. The quantitative estimate of drug-likeness (QED) is 0.335. The second-order valence-electron chi connectivity index (χ2n) is 8.21. The molecule has 0 bridgehead atoms. The van der Waals surface area contributed by atoms with E-state index in [4.69, 9.17) is 5.73 Å². The van der Waals surface area contributed by atoms with Gasteiger partial charge in [-0.15, -0.1) is 0 Å². The monoisotopic (exact) mass is 490 g/mol. The van der Waals surface area contributed by atoms with Gasteiger partial charge in [-0.1, -0.05) is 41.7 Å². The molecule has 6 nitrogen and oxygen atoms in total. The van der Waals surface area contributed by atoms with E-state index in [0.29, 0.717) is 11.3 Å². The summed E-state index contributed by atoms with van der Waals surface area (Å²) in [4.78, 5) is 29.4. The summed E-state index contributed by atoms with van der Waals surface area (Å²) in [6.07, 6.45) is 1.62. The fourth-order valence-electron chi connectivity index (χ4n) is 4.13. The molecule has 176 valence electrons. The molecule has 4 aromatic rings. The average molecular weight is 491 g/mol. The Hall–Kier alpha value is -4.11. The number of nitrogens with zero attached hydrogens (tertiary/aromatic N) is 1. The highest BCUT2D eigenvalue weighted by Gasteiger charge is 2.25. The lowest BCUT2D eigenvalue weighted by Gasteiger charge is -2.12. The zero-order valence-corrected chi connectivity index (χ0v) is 19.2. The summed E-state index contributed by atoms with van der Waals surface area (Å²) >= 11 is 0.891. The number of nitrogen functional groups attached to an aromatic ring is 1. The number of nitrogens with two attached hydrogens (primary N) is 1. The van der Waals surface area contributed by atoms with Crippen molar-refractivity contribution in [2.75, 3.05) is 11.1 Å². The number of rotatable bonds is 6. The van der Waals surface area contributed by atoms with Crippen LogP contribution in [-0.4, -0.2) is 22.7 Å². The number of carbonyl (C=O) groups excluding carboxylic acids is 2. The maximum Gasteiger partial charge on any atom is 0.251 e. The normalized spacial score (nSPS) is 12.9. The fourth-order valence-corrected chi connectivity index (χ4v) is 4.99. The maximum absolute atomic E-state index is 14.0. The molecule has 0 radical (unpaired) electrons. The van der Waals surface area contributed by atoms with Crippen LogP contribution in [0, 0.1) is 11.6 Å². The molecule has 0 spiro atoms. The third kappa shape index (κ3) is 4.63. The average Bonchev–Trinajstić information content (AvgIpc) is 3.41. The van der Waals surface area contributed by atoms with Gasteiger partial charge in [-0.3, -0.25) is 9.59 Å². The van der Waals surface area contributed by atoms with Gasteiger partial charge in [0.1, 0.15) is 22.3 Å². The predicted octanol–water partition coefficient (Wildman–Crippen LogP) is 4.88. The summed E-state index contributed by atoms with van der Waals surface area (Å²) in [6, 6.07) is 18.2. The van der Waals surface area contributed by atoms with Gasteiger partial charge in [-0.05, 0) is 60.4 Å². The number of thiazole rings is 1. The number of carbonyl (C=O) groups is 2. The first-order valence-electron chi connectivity index (χ1n) is 10.9. The number of fused-ring (bicyclic) bond motifs is 1. The Bertz CT molecular complexity index is 1390. The molecule has 0 unspecified atom stereocenters. The number of aromatic nitrogens is 1. The molecule has 1 aliphatic rings. The van der Waals surface area contributed by atoms with Crippen LogP contribution in [0.5, 0.6) is 0 Å². The summed E-state index contributed by atoms with van der Waals surface area (Å²) < 4.78 is 28.0. The molecule has 5 rings (SSSR count). The summed E-state index contributed by atoms with van der Waals surface area (Å²) in [6.45, 7) is 0. The molecule has 0 atom stereocenters. The number of ketones is 1. The lowest BCUT2D eigenvalue weighted by molar-refractivity contribution is 0.0938. The Balaban J connectivity index is 1.25. The zero-order chi connectivity index (χ0) is 24.5. The van der Waals surface area contributed by atoms with Crippen LogP contribution in [0.1, 0.15) is 36.7 Å². The van der Waals surface area contributed by atoms with Crippen LogP contribution in [0.2, 0.25) is 0 Å². The van der Waals surface area contributed by atoms with E-state index in [1.165, 1.54) is 17.2 Å². The first-order valence-corrected chi connectivity index (χ1v) is 11.7. The SMILES string of the molecule is Nc1nc(Nc2ccc(C(=O)NC3Cc4ccccc4C3)cc2)sc1C(=O)c1c(F)cccc1F. The molecule has 1 heterocycles. The van der Waals surface area contributed by atoms with E-state index >= 15 is 0 Å². The maximum atomic E-state index is 14.0. The Morgan fingerprint density at radius 1 is 0.914 bits per heavy atom. The Morgan fingerprint density at radius 2 is 1.54 bits per heavy atom. The summed E-state index contributed by atoms with van der Waals surface area (Å²) in [7, 11) is 0. The summed E-state index contributed by atoms with van der Waals surface area (Å²) in [5.74, 6) is -3.09. The van der Waals surface area contributed by atoms with Gasteiger partial charge in [0.05, 0.1) is 5.56 Å². The summed E-state index contributed by atoms with van der Waals surface area (Å²) in [5, 5.41) is 6.36. The van der Waals surface area contributed by atoms with E-state index in [1.54, 1.807) is 24.3 Å². The van der Waals surface area contributed by atoms with Crippen molar-refractivity contribution >= 4 is 39.7 Å². The Kier molecular flexibility index (Phi) is 6.00. The van der Waals surface area contributed by atoms with Crippen LogP contribution < -0.4 is 16.4 Å². The first-order chi connectivity index (χ1) is 16.9. The van der Waals surface area contributed by atoms with Crippen molar-refractivity contribution in [3.63, 3.8) is 0 Å². The minimum absolute atomic E-state index is 0.0613. The number of anilines is 3. The summed E-state index contributed by atoms with van der Waals surface area (Å²) in [5.41, 5.74) is 8.82. The third-order valence-corrected chi connectivity index (χ3v) is 6.82. The largest absolute Gasteiger partial charge is 0.382 e. The lowest BCUT2D eigenvalue weighted by Crippen LogP contribution is -2.35. The van der Waals surface area contributed by atoms with Gasteiger partial charge < -0.3 is 16.4 Å². The van der Waals surface area contributed by atoms with Crippen molar-refractivity contribution in [1.82, 2.24) is 10.3 Å². The standard InChI is InChI=1S/C26H20F2N4O2S/c27-19-6-3-7-20(28)21(19)22(33)23-24(29)32-26(35-23)31-17-10-8-14(9-11-17)25(34)30-18-12-15-4-1-2-5-16(15)13-18/h1-11,18H,12-13,29H2,(H,30,34)(H,31,32). The van der Waals surface area contributed by atoms with Crippen LogP contribution >= 0.6 is 11.3 Å². The highest BCUT2D eigenvalue weighted by atomic mass is 32.1. The predicted molar refractivity (Wildman–Crippen MR) is 131 cm³/mol. The molecule has 0 fully saturated rings. The van der Waals surface area contributed by atoms with E-state index in [2.05, 4.69) is 27.8 Å². The minimum atomic E-state index is -0.965. The highest BCUT2D eigenvalue weighted by Crippen LogP contribution is 2.31. The number of amides is 1. The van der Waals surface area contributed by atoms with Gasteiger partial charge >= 0.3 is 0 Å². The second kappa shape index (κ2) is 9.27. The molecule has 1 amide bonds. The number of hydrogen-bond donors (Lipinski definition) is 3. The van der Waals surface area contributed by atoms with Crippen molar-refractivity contribution < 1.29 is 18.4 Å². The smallest absolute Gasteiger partial charge is 0.251 e. The number of nitrogens with one attached hydrogen (secondary N) is 2. The van der Waals surface area contributed by atoms with Crippen LogP contribution in [-0.2, 0) is 12.8 Å². The van der Waals surface area contributed by atoms with E-state index in [-0.39, 0.29) is 27.8 Å². The van der Waals surface area contributed by atoms with Gasteiger partial charge in [0.25, 0.3) is 5.91 Å². The van der Waals surface area contributed by atoms with Gasteiger partial charge in [-0.2, -0.15) is 0 Å². The van der Waals surface area contributed by atoms with Gasteiger partial charge in [0.2, 0.25) is 5.78 Å². The van der Waals surface area contributed by atoms with Crippen LogP contribution in [0.25, 0.3) is 0 Å². The van der Waals surface area contributed by atoms with E-state index in [9.17, 15) is 18.4 Å². The van der Waals surface area contributed by atoms with Crippen LogP contribution in [0.4, 0.5) is 25.4 Å². The topological polar surface area (TPSA) is 97.1 Å². The first kappa shape index (κ1) is 22.7. The molecule has 3 aromatic carbocycles. The van der Waals surface area contributed by atoms with E-state index < -0.39 is 23.0 Å². The molecule has 0 saturated heterocycles. The molecule has 4 N–H and O–H groups in total. The number of benzene rings is 3. The van der Waals surface area contributed by atoms with Gasteiger partial charge in [-0.25, -0.2) is 13.8 Å². The molecular weight excluding hydrogens is 470 g/mol. The molecule has 1 aliphatic carbocycles. The van der Waals surface area contributed by atoms with E-state index in [0.717, 1.165) is 36.3 Å². The van der Waals surface area contributed by atoms with Crippen molar-refractivity contribution in [3.8, 4) is 0 Å². The zero-order valence-electron chi connectivity index (χ0n) is 18.3. The Labute approximate surface area is 203 Å². The fraction of sp³-hybridized carbons (Fsp3) is 0.115. The molecule has 1 aromatic heterocycles. The minimum Gasteiger partial charge on any atom is -0.382 e. The molecule has 0 saturated carbocycles. The van der Waals surface area contributed by atoms with Crippen LogP contribution in [0.3, 0.4) is 0 Å². The van der Waals surface area contributed by atoms with Crippen molar-refractivity contribution in [1.29, 1.82) is 0 Å². The molecule has 0 aliphatic heterocycles. The number of halogens is 2. The molecular formula is C26H20F2N4O2S. The van der Waals surface area contributed by atoms with E-state index in [1.807, 2.05) is 12.1 Å². The van der Waals surface area contributed by atoms with Crippen LogP contribution in [0.15, 0.2) is 66.7 Å². The number of hydrogen-bond acceptors (Lipinski definition) is 6.